The van der Waals surface area contributed by atoms with Gasteiger partial charge in [-0.15, -0.1) is 0 Å². The van der Waals surface area contributed by atoms with E-state index in [-0.39, 0.29) is 0 Å². The topological polar surface area (TPSA) is 38.5 Å². The summed E-state index contributed by atoms with van der Waals surface area (Å²) < 4.78 is 5.86. The third kappa shape index (κ3) is 3.67. The Bertz CT molecular complexity index is 562. The van der Waals surface area contributed by atoms with Crippen LogP contribution in [0.1, 0.15) is 30.9 Å². The van der Waals surface area contributed by atoms with Crippen molar-refractivity contribution in [3.8, 4) is 11.5 Å². The van der Waals surface area contributed by atoms with Crippen LogP contribution in [0.2, 0.25) is 0 Å². The zero-order valence-corrected chi connectivity index (χ0v) is 12.9. The van der Waals surface area contributed by atoms with Gasteiger partial charge in [-0.25, -0.2) is 0 Å². The second kappa shape index (κ2) is 7.43. The van der Waals surface area contributed by atoms with E-state index in [1.54, 1.807) is 0 Å². The van der Waals surface area contributed by atoms with Crippen LogP contribution < -0.4 is 10.5 Å². The maximum atomic E-state index is 5.86. The first kappa shape index (κ1) is 15.1. The molecule has 3 nitrogen and oxygen atoms in total. The molecule has 0 saturated carbocycles. The summed E-state index contributed by atoms with van der Waals surface area (Å²) in [5, 5.41) is 0. The summed E-state index contributed by atoms with van der Waals surface area (Å²) in [5.74, 6) is 1.75. The van der Waals surface area contributed by atoms with Crippen LogP contribution in [0.15, 0.2) is 54.6 Å². The zero-order chi connectivity index (χ0) is 15.2. The molecule has 0 bridgehead atoms. The van der Waals surface area contributed by atoms with Gasteiger partial charge in [0.1, 0.15) is 11.5 Å². The minimum Gasteiger partial charge on any atom is -0.457 e. The molecular weight excluding hydrogens is 272 g/mol. The average Bonchev–Trinajstić information content (AvgIpc) is 3.09. The molecule has 22 heavy (non-hydrogen) atoms. The van der Waals surface area contributed by atoms with E-state index in [9.17, 15) is 0 Å². The second-order valence-electron chi connectivity index (χ2n) is 5.82. The molecule has 1 aliphatic rings. The average molecular weight is 296 g/mol. The minimum atomic E-state index is 0.443. The van der Waals surface area contributed by atoms with Crippen molar-refractivity contribution >= 4 is 0 Å². The largest absolute Gasteiger partial charge is 0.457 e. The Morgan fingerprint density at radius 1 is 0.909 bits per heavy atom. The van der Waals surface area contributed by atoms with E-state index >= 15 is 0 Å². The monoisotopic (exact) mass is 296 g/mol. The SMILES string of the molecule is NCCC(c1ccc(Oc2ccccc2)cc1)N1CCCC1. The van der Waals surface area contributed by atoms with Gasteiger partial charge >= 0.3 is 0 Å². The van der Waals surface area contributed by atoms with Crippen LogP contribution in [0.5, 0.6) is 11.5 Å². The molecule has 3 rings (SSSR count). The molecule has 1 saturated heterocycles. The second-order valence-corrected chi connectivity index (χ2v) is 5.82. The van der Waals surface area contributed by atoms with Gasteiger partial charge < -0.3 is 10.5 Å². The summed E-state index contributed by atoms with van der Waals surface area (Å²) in [5.41, 5.74) is 7.16. The molecule has 0 aromatic heterocycles. The number of ether oxygens (including phenoxy) is 1. The van der Waals surface area contributed by atoms with Crippen LogP contribution in [0.25, 0.3) is 0 Å². The van der Waals surface area contributed by atoms with E-state index in [0.717, 1.165) is 24.5 Å². The first-order valence-corrected chi connectivity index (χ1v) is 8.14. The molecule has 2 N–H and O–H groups in total. The molecule has 0 amide bonds. The van der Waals surface area contributed by atoms with E-state index < -0.39 is 0 Å². The zero-order valence-electron chi connectivity index (χ0n) is 12.9. The molecule has 1 atom stereocenters. The summed E-state index contributed by atoms with van der Waals surface area (Å²) in [6, 6.07) is 18.8. The quantitative estimate of drug-likeness (QED) is 0.876. The lowest BCUT2D eigenvalue weighted by Crippen LogP contribution is -2.27. The van der Waals surface area contributed by atoms with Crippen molar-refractivity contribution in [1.29, 1.82) is 0 Å². The number of para-hydroxylation sites is 1. The molecule has 2 aromatic rings. The summed E-state index contributed by atoms with van der Waals surface area (Å²) in [6.45, 7) is 3.10. The summed E-state index contributed by atoms with van der Waals surface area (Å²) in [6.07, 6.45) is 3.62. The molecule has 2 aromatic carbocycles. The number of hydrogen-bond acceptors (Lipinski definition) is 3. The number of likely N-dealkylation sites (tertiary alicyclic amines) is 1. The third-order valence-corrected chi connectivity index (χ3v) is 4.27. The van der Waals surface area contributed by atoms with Crippen LogP contribution in [0.4, 0.5) is 0 Å². The van der Waals surface area contributed by atoms with Crippen molar-refractivity contribution in [3.05, 3.63) is 60.2 Å². The van der Waals surface area contributed by atoms with Crippen LogP contribution in [-0.4, -0.2) is 24.5 Å². The van der Waals surface area contributed by atoms with Gasteiger partial charge in [0.15, 0.2) is 0 Å². The highest BCUT2D eigenvalue weighted by atomic mass is 16.5. The number of nitrogens with two attached hydrogens (primary N) is 1. The van der Waals surface area contributed by atoms with E-state index in [4.69, 9.17) is 10.5 Å². The Hall–Kier alpha value is -1.84. The number of benzene rings is 2. The van der Waals surface area contributed by atoms with Crippen molar-refractivity contribution in [2.75, 3.05) is 19.6 Å². The molecule has 1 fully saturated rings. The van der Waals surface area contributed by atoms with E-state index in [2.05, 4.69) is 29.2 Å². The predicted molar refractivity (Wildman–Crippen MR) is 90.2 cm³/mol. The fourth-order valence-corrected chi connectivity index (χ4v) is 3.15. The van der Waals surface area contributed by atoms with Crippen molar-refractivity contribution < 1.29 is 4.74 Å². The summed E-state index contributed by atoms with van der Waals surface area (Å²) in [7, 11) is 0. The van der Waals surface area contributed by atoms with Gasteiger partial charge in [-0.2, -0.15) is 0 Å². The molecule has 1 aliphatic heterocycles. The standard InChI is InChI=1S/C19H24N2O/c20-13-12-19(21-14-4-5-15-21)16-8-10-18(11-9-16)22-17-6-2-1-3-7-17/h1-3,6-11,19H,4-5,12-15,20H2. The minimum absolute atomic E-state index is 0.443. The van der Waals surface area contributed by atoms with Crippen LogP contribution in [0, 0.1) is 0 Å². The molecule has 0 aliphatic carbocycles. The third-order valence-electron chi connectivity index (χ3n) is 4.27. The fourth-order valence-electron chi connectivity index (χ4n) is 3.15. The van der Waals surface area contributed by atoms with Crippen molar-refractivity contribution in [3.63, 3.8) is 0 Å². The number of nitrogens with zero attached hydrogens (tertiary/aromatic N) is 1. The first-order valence-electron chi connectivity index (χ1n) is 8.14. The molecule has 0 radical (unpaired) electrons. The normalized spacial score (nSPS) is 16.6. The van der Waals surface area contributed by atoms with Crippen molar-refractivity contribution in [1.82, 2.24) is 4.90 Å². The first-order chi connectivity index (χ1) is 10.9. The maximum Gasteiger partial charge on any atom is 0.127 e. The molecule has 1 heterocycles. The molecular formula is C19H24N2O. The van der Waals surface area contributed by atoms with E-state index in [0.29, 0.717) is 6.04 Å². The van der Waals surface area contributed by atoms with E-state index in [1.807, 2.05) is 30.3 Å². The Morgan fingerprint density at radius 2 is 1.55 bits per heavy atom. The predicted octanol–water partition coefficient (Wildman–Crippen LogP) is 3.96. The Labute approximate surface area is 132 Å². The van der Waals surface area contributed by atoms with Gasteiger partial charge in [-0.05, 0) is 68.7 Å². The van der Waals surface area contributed by atoms with Gasteiger partial charge in [0.05, 0.1) is 0 Å². The van der Waals surface area contributed by atoms with E-state index in [1.165, 1.54) is 31.5 Å². The van der Waals surface area contributed by atoms with Crippen molar-refractivity contribution in [2.45, 2.75) is 25.3 Å². The van der Waals surface area contributed by atoms with Crippen LogP contribution in [0.3, 0.4) is 0 Å². The van der Waals surface area contributed by atoms with Crippen LogP contribution >= 0.6 is 0 Å². The molecule has 3 heteroatoms. The van der Waals surface area contributed by atoms with Crippen molar-refractivity contribution in [2.24, 2.45) is 5.73 Å². The van der Waals surface area contributed by atoms with Gasteiger partial charge in [0, 0.05) is 6.04 Å². The molecule has 1 unspecified atom stereocenters. The lowest BCUT2D eigenvalue weighted by Gasteiger charge is -2.27. The van der Waals surface area contributed by atoms with Gasteiger partial charge in [0.2, 0.25) is 0 Å². The number of hydrogen-bond donors (Lipinski definition) is 1. The Kier molecular flexibility index (Phi) is 5.09. The smallest absolute Gasteiger partial charge is 0.127 e. The summed E-state index contributed by atoms with van der Waals surface area (Å²) in [4.78, 5) is 2.56. The van der Waals surface area contributed by atoms with Gasteiger partial charge in [-0.3, -0.25) is 4.90 Å². The highest BCUT2D eigenvalue weighted by Gasteiger charge is 2.22. The van der Waals surface area contributed by atoms with Crippen LogP contribution in [-0.2, 0) is 0 Å². The Morgan fingerprint density at radius 3 is 2.18 bits per heavy atom. The molecule has 116 valence electrons. The Balaban J connectivity index is 1.71. The molecule has 0 spiro atoms. The number of rotatable bonds is 6. The van der Waals surface area contributed by atoms with Gasteiger partial charge in [-0.1, -0.05) is 30.3 Å². The highest BCUT2D eigenvalue weighted by Crippen LogP contribution is 2.30. The summed E-state index contributed by atoms with van der Waals surface area (Å²) >= 11 is 0. The van der Waals surface area contributed by atoms with Gasteiger partial charge in [0.25, 0.3) is 0 Å². The highest BCUT2D eigenvalue weighted by molar-refractivity contribution is 5.34. The lowest BCUT2D eigenvalue weighted by atomic mass is 10.0. The fraction of sp³-hybridized carbons (Fsp3) is 0.368. The maximum absolute atomic E-state index is 5.86. The lowest BCUT2D eigenvalue weighted by molar-refractivity contribution is 0.236.